The van der Waals surface area contributed by atoms with Crippen LogP contribution in [0.25, 0.3) is 0 Å². The summed E-state index contributed by atoms with van der Waals surface area (Å²) >= 11 is 5.30. The molecule has 3 heteroatoms. The van der Waals surface area contributed by atoms with Crippen LogP contribution in [0, 0.1) is 11.3 Å². The normalized spacial score (nSPS) is 18.7. The zero-order chi connectivity index (χ0) is 13.0. The molecule has 1 aromatic rings. The molecule has 1 aliphatic carbocycles. The van der Waals surface area contributed by atoms with Gasteiger partial charge in [-0.05, 0) is 63.5 Å². The molecule has 18 heavy (non-hydrogen) atoms. The molecule has 0 aromatic carbocycles. The van der Waals surface area contributed by atoms with Crippen LogP contribution in [-0.4, -0.2) is 6.54 Å². The summed E-state index contributed by atoms with van der Waals surface area (Å²) in [7, 11) is 0. The minimum Gasteiger partial charge on any atom is -0.312 e. The monoisotopic (exact) mass is 329 g/mol. The summed E-state index contributed by atoms with van der Waals surface area (Å²) in [6.45, 7) is 6.92. The van der Waals surface area contributed by atoms with Crippen molar-refractivity contribution in [2.75, 3.05) is 6.54 Å². The van der Waals surface area contributed by atoms with Gasteiger partial charge in [-0.25, -0.2) is 0 Å². The first-order chi connectivity index (χ1) is 8.60. The maximum absolute atomic E-state index is 3.69. The molecule has 1 fully saturated rings. The Labute approximate surface area is 123 Å². The highest BCUT2D eigenvalue weighted by Gasteiger charge is 2.33. The van der Waals surface area contributed by atoms with Gasteiger partial charge in [-0.2, -0.15) is 0 Å². The Kier molecular flexibility index (Phi) is 5.28. The maximum Gasteiger partial charge on any atom is 0.0701 e. The zero-order valence-electron chi connectivity index (χ0n) is 11.5. The third-order valence-electron chi connectivity index (χ3n) is 3.96. The molecule has 1 saturated carbocycles. The van der Waals surface area contributed by atoms with Gasteiger partial charge < -0.3 is 5.32 Å². The second kappa shape index (κ2) is 6.53. The van der Waals surface area contributed by atoms with E-state index in [-0.39, 0.29) is 0 Å². The highest BCUT2D eigenvalue weighted by atomic mass is 79.9. The molecule has 0 atom stereocenters. The maximum atomic E-state index is 3.69. The number of rotatable bonds is 6. The van der Waals surface area contributed by atoms with Gasteiger partial charge in [-0.1, -0.05) is 26.7 Å². The Balaban J connectivity index is 1.82. The largest absolute Gasteiger partial charge is 0.312 e. The first-order valence-corrected chi connectivity index (χ1v) is 8.71. The average Bonchev–Trinajstić information content (AvgIpc) is 2.88. The van der Waals surface area contributed by atoms with E-state index in [0.717, 1.165) is 12.5 Å². The van der Waals surface area contributed by atoms with Gasteiger partial charge in [0, 0.05) is 13.1 Å². The SMILES string of the molecule is CC(C)CC1(CNCc2csc(Br)c2)CCCC1. The van der Waals surface area contributed by atoms with Crippen LogP contribution in [0.2, 0.25) is 0 Å². The van der Waals surface area contributed by atoms with E-state index in [1.807, 2.05) is 0 Å². The average molecular weight is 330 g/mol. The molecule has 2 rings (SSSR count). The molecule has 1 aliphatic rings. The van der Waals surface area contributed by atoms with Crippen molar-refractivity contribution >= 4 is 27.3 Å². The van der Waals surface area contributed by atoms with Crippen molar-refractivity contribution in [1.82, 2.24) is 5.32 Å². The standard InChI is InChI=1S/C15H24BrNS/c1-12(2)8-15(5-3-4-6-15)11-17-9-13-7-14(16)18-10-13/h7,10,12,17H,3-6,8-9,11H2,1-2H3. The predicted molar refractivity (Wildman–Crippen MR) is 84.1 cm³/mol. The zero-order valence-corrected chi connectivity index (χ0v) is 13.9. The predicted octanol–water partition coefficient (Wildman–Crippen LogP) is 5.21. The summed E-state index contributed by atoms with van der Waals surface area (Å²) in [6, 6.07) is 2.22. The molecule has 1 nitrogen and oxygen atoms in total. The molecule has 1 aromatic heterocycles. The lowest BCUT2D eigenvalue weighted by Gasteiger charge is -2.31. The fourth-order valence-electron chi connectivity index (χ4n) is 3.35. The van der Waals surface area contributed by atoms with Crippen molar-refractivity contribution in [2.24, 2.45) is 11.3 Å². The first-order valence-electron chi connectivity index (χ1n) is 7.03. The Morgan fingerprint density at radius 2 is 2.11 bits per heavy atom. The molecule has 0 aliphatic heterocycles. The number of nitrogens with one attached hydrogen (secondary N) is 1. The van der Waals surface area contributed by atoms with Crippen molar-refractivity contribution in [3.8, 4) is 0 Å². The highest BCUT2D eigenvalue weighted by molar-refractivity contribution is 9.11. The fraction of sp³-hybridized carbons (Fsp3) is 0.733. The van der Waals surface area contributed by atoms with Gasteiger partial charge >= 0.3 is 0 Å². The first kappa shape index (κ1) is 14.5. The van der Waals surface area contributed by atoms with Gasteiger partial charge in [-0.15, -0.1) is 11.3 Å². The molecule has 0 amide bonds. The van der Waals surface area contributed by atoms with E-state index in [0.29, 0.717) is 5.41 Å². The molecule has 0 saturated heterocycles. The summed E-state index contributed by atoms with van der Waals surface area (Å²) in [6.07, 6.45) is 7.08. The summed E-state index contributed by atoms with van der Waals surface area (Å²) in [5.41, 5.74) is 1.99. The Morgan fingerprint density at radius 1 is 1.39 bits per heavy atom. The van der Waals surface area contributed by atoms with Gasteiger partial charge in [0.15, 0.2) is 0 Å². The molecule has 0 unspecified atom stereocenters. The summed E-state index contributed by atoms with van der Waals surface area (Å²) in [5.74, 6) is 0.820. The molecular weight excluding hydrogens is 306 g/mol. The second-order valence-corrected chi connectivity index (χ2v) is 8.46. The van der Waals surface area contributed by atoms with Crippen molar-refractivity contribution in [2.45, 2.75) is 52.5 Å². The molecule has 0 radical (unpaired) electrons. The third-order valence-corrected chi connectivity index (χ3v) is 5.51. The lowest BCUT2D eigenvalue weighted by atomic mass is 9.78. The third kappa shape index (κ3) is 4.07. The van der Waals surface area contributed by atoms with Gasteiger partial charge in [0.05, 0.1) is 3.79 Å². The van der Waals surface area contributed by atoms with Crippen LogP contribution < -0.4 is 5.32 Å². The Morgan fingerprint density at radius 3 is 2.67 bits per heavy atom. The van der Waals surface area contributed by atoms with Gasteiger partial charge in [0.25, 0.3) is 0 Å². The molecule has 0 spiro atoms. The van der Waals surface area contributed by atoms with Crippen molar-refractivity contribution in [3.05, 3.63) is 20.8 Å². The molecular formula is C15H24BrNS. The van der Waals surface area contributed by atoms with E-state index in [1.165, 1.54) is 48.0 Å². The molecule has 0 bridgehead atoms. The van der Waals surface area contributed by atoms with Crippen molar-refractivity contribution < 1.29 is 0 Å². The molecule has 1 N–H and O–H groups in total. The lowest BCUT2D eigenvalue weighted by Crippen LogP contribution is -2.33. The molecule has 102 valence electrons. The number of hydrogen-bond donors (Lipinski definition) is 1. The topological polar surface area (TPSA) is 12.0 Å². The van der Waals surface area contributed by atoms with Crippen molar-refractivity contribution in [3.63, 3.8) is 0 Å². The minimum absolute atomic E-state index is 0.585. The smallest absolute Gasteiger partial charge is 0.0701 e. The van der Waals surface area contributed by atoms with E-state index in [1.54, 1.807) is 11.3 Å². The van der Waals surface area contributed by atoms with Gasteiger partial charge in [0.1, 0.15) is 0 Å². The van der Waals surface area contributed by atoms with Crippen LogP contribution in [0.15, 0.2) is 15.2 Å². The summed E-state index contributed by atoms with van der Waals surface area (Å²) < 4.78 is 1.23. The summed E-state index contributed by atoms with van der Waals surface area (Å²) in [5, 5.41) is 5.93. The van der Waals surface area contributed by atoms with E-state index >= 15 is 0 Å². The number of thiophene rings is 1. The van der Waals surface area contributed by atoms with Crippen LogP contribution in [0.4, 0.5) is 0 Å². The lowest BCUT2D eigenvalue weighted by molar-refractivity contribution is 0.223. The Bertz CT molecular complexity index is 366. The molecule has 1 heterocycles. The van der Waals surface area contributed by atoms with Crippen LogP contribution in [0.1, 0.15) is 51.5 Å². The van der Waals surface area contributed by atoms with E-state index in [4.69, 9.17) is 0 Å². The second-order valence-electron chi connectivity index (χ2n) is 6.17. The van der Waals surface area contributed by atoms with E-state index in [9.17, 15) is 0 Å². The van der Waals surface area contributed by atoms with Gasteiger partial charge in [-0.3, -0.25) is 0 Å². The Hall–Kier alpha value is 0.140. The van der Waals surface area contributed by atoms with Crippen LogP contribution >= 0.6 is 27.3 Å². The summed E-state index contributed by atoms with van der Waals surface area (Å²) in [4.78, 5) is 0. The number of halogens is 1. The van der Waals surface area contributed by atoms with Gasteiger partial charge in [0.2, 0.25) is 0 Å². The highest BCUT2D eigenvalue weighted by Crippen LogP contribution is 2.42. The minimum atomic E-state index is 0.585. The number of hydrogen-bond acceptors (Lipinski definition) is 2. The quantitative estimate of drug-likeness (QED) is 0.755. The van der Waals surface area contributed by atoms with Crippen LogP contribution in [-0.2, 0) is 6.54 Å². The van der Waals surface area contributed by atoms with E-state index in [2.05, 4.69) is 46.5 Å². The van der Waals surface area contributed by atoms with Crippen LogP contribution in [0.5, 0.6) is 0 Å². The fourth-order valence-corrected chi connectivity index (χ4v) is 4.56. The van der Waals surface area contributed by atoms with Crippen LogP contribution in [0.3, 0.4) is 0 Å². The van der Waals surface area contributed by atoms with Crippen molar-refractivity contribution in [1.29, 1.82) is 0 Å². The van der Waals surface area contributed by atoms with E-state index < -0.39 is 0 Å².